The number of methoxy groups -OCH3 is 2. The first-order valence-electron chi connectivity index (χ1n) is 7.52. The molecule has 9 heteroatoms. The van der Waals surface area contributed by atoms with Crippen molar-refractivity contribution in [1.82, 2.24) is 5.43 Å². The van der Waals surface area contributed by atoms with Crippen LogP contribution in [0.1, 0.15) is 12.5 Å². The first-order chi connectivity index (χ1) is 12.4. The van der Waals surface area contributed by atoms with Crippen LogP contribution in [0.15, 0.2) is 47.6 Å². The molecule has 0 heterocycles. The molecule has 0 atom stereocenters. The lowest BCUT2D eigenvalue weighted by Crippen LogP contribution is -2.25. The molecule has 0 aliphatic carbocycles. The molecule has 2 rings (SSSR count). The highest BCUT2D eigenvalue weighted by Crippen LogP contribution is 2.29. The zero-order valence-electron chi connectivity index (χ0n) is 14.5. The molecule has 0 bridgehead atoms. The summed E-state index contributed by atoms with van der Waals surface area (Å²) in [4.78, 5) is 10.2. The van der Waals surface area contributed by atoms with Crippen LogP contribution in [0.25, 0.3) is 0 Å². The average Bonchev–Trinajstić information content (AvgIpc) is 2.66. The Hall–Kier alpha value is -3.20. The molecule has 2 N–H and O–H groups in total. The number of hydrazone groups is 1. The second-order valence-corrected chi connectivity index (χ2v) is 5.55. The summed E-state index contributed by atoms with van der Waals surface area (Å²) in [6, 6.07) is 11.4. The standard InChI is InChI=1S/C17H18N4O4S/c1-11(12-4-7-14(8-5-12)21(22)23)19-20-17(26)18-13-6-9-15(24-2)16(10-13)25-3/h4-10H,1-3H3,(H2,18,20,26). The lowest BCUT2D eigenvalue weighted by molar-refractivity contribution is -0.384. The minimum Gasteiger partial charge on any atom is -0.493 e. The Morgan fingerprint density at radius 3 is 2.35 bits per heavy atom. The fourth-order valence-electron chi connectivity index (χ4n) is 2.10. The summed E-state index contributed by atoms with van der Waals surface area (Å²) in [5, 5.41) is 18.1. The van der Waals surface area contributed by atoms with Gasteiger partial charge in [-0.05, 0) is 49.0 Å². The van der Waals surface area contributed by atoms with Crippen LogP contribution in [-0.2, 0) is 0 Å². The Labute approximate surface area is 156 Å². The van der Waals surface area contributed by atoms with E-state index in [0.29, 0.717) is 28.0 Å². The number of benzene rings is 2. The van der Waals surface area contributed by atoms with Crippen molar-refractivity contribution in [2.45, 2.75) is 6.92 Å². The highest BCUT2D eigenvalue weighted by atomic mass is 32.1. The maximum atomic E-state index is 10.7. The molecule has 0 unspecified atom stereocenters. The van der Waals surface area contributed by atoms with Crippen molar-refractivity contribution in [2.75, 3.05) is 19.5 Å². The number of hydrogen-bond donors (Lipinski definition) is 2. The van der Waals surface area contributed by atoms with Gasteiger partial charge in [0.05, 0.1) is 24.9 Å². The monoisotopic (exact) mass is 374 g/mol. The molecule has 26 heavy (non-hydrogen) atoms. The molecule has 2 aromatic rings. The third-order valence-electron chi connectivity index (χ3n) is 3.46. The van der Waals surface area contributed by atoms with E-state index in [1.165, 1.54) is 12.1 Å². The van der Waals surface area contributed by atoms with E-state index < -0.39 is 4.92 Å². The number of ether oxygens (including phenoxy) is 2. The van der Waals surface area contributed by atoms with E-state index in [1.807, 2.05) is 0 Å². The van der Waals surface area contributed by atoms with Gasteiger partial charge in [0, 0.05) is 23.9 Å². The Kier molecular flexibility index (Phi) is 6.45. The smallest absolute Gasteiger partial charge is 0.269 e. The topological polar surface area (TPSA) is 98.0 Å². The van der Waals surface area contributed by atoms with E-state index >= 15 is 0 Å². The summed E-state index contributed by atoms with van der Waals surface area (Å²) in [5.41, 5.74) is 4.86. The van der Waals surface area contributed by atoms with Crippen LogP contribution in [0.2, 0.25) is 0 Å². The number of nitrogens with zero attached hydrogens (tertiary/aromatic N) is 2. The van der Waals surface area contributed by atoms with Crippen LogP contribution < -0.4 is 20.2 Å². The van der Waals surface area contributed by atoms with Gasteiger partial charge >= 0.3 is 0 Å². The number of rotatable bonds is 6. The second-order valence-electron chi connectivity index (χ2n) is 5.14. The number of nitrogens with one attached hydrogen (secondary N) is 2. The third-order valence-corrected chi connectivity index (χ3v) is 3.66. The summed E-state index contributed by atoms with van der Waals surface area (Å²) in [6.07, 6.45) is 0. The summed E-state index contributed by atoms with van der Waals surface area (Å²) in [7, 11) is 3.11. The number of anilines is 1. The van der Waals surface area contributed by atoms with E-state index in [4.69, 9.17) is 21.7 Å². The predicted molar refractivity (Wildman–Crippen MR) is 104 cm³/mol. The van der Waals surface area contributed by atoms with Crippen molar-refractivity contribution in [3.05, 3.63) is 58.1 Å². The van der Waals surface area contributed by atoms with Crippen molar-refractivity contribution in [2.24, 2.45) is 5.10 Å². The van der Waals surface area contributed by atoms with Crippen molar-refractivity contribution in [1.29, 1.82) is 0 Å². The summed E-state index contributed by atoms with van der Waals surface area (Å²) in [6.45, 7) is 1.77. The van der Waals surface area contributed by atoms with Crippen molar-refractivity contribution < 1.29 is 14.4 Å². The zero-order valence-corrected chi connectivity index (χ0v) is 15.3. The van der Waals surface area contributed by atoms with Gasteiger partial charge in [-0.2, -0.15) is 5.10 Å². The molecule has 0 fully saturated rings. The van der Waals surface area contributed by atoms with E-state index in [9.17, 15) is 10.1 Å². The highest BCUT2D eigenvalue weighted by molar-refractivity contribution is 7.80. The molecule has 0 aromatic heterocycles. The van der Waals surface area contributed by atoms with Gasteiger partial charge in [-0.15, -0.1) is 0 Å². The summed E-state index contributed by atoms with van der Waals surface area (Å²) < 4.78 is 10.4. The lowest BCUT2D eigenvalue weighted by Gasteiger charge is -2.11. The van der Waals surface area contributed by atoms with E-state index in [0.717, 1.165) is 5.56 Å². The van der Waals surface area contributed by atoms with Gasteiger partial charge in [0.25, 0.3) is 5.69 Å². The normalized spacial score (nSPS) is 10.8. The van der Waals surface area contributed by atoms with Gasteiger partial charge in [-0.1, -0.05) is 0 Å². The molecule has 0 aliphatic heterocycles. The number of hydrogen-bond acceptors (Lipinski definition) is 6. The Morgan fingerprint density at radius 2 is 1.77 bits per heavy atom. The summed E-state index contributed by atoms with van der Waals surface area (Å²) >= 11 is 5.21. The van der Waals surface area contributed by atoms with Crippen molar-refractivity contribution in [3.8, 4) is 11.5 Å². The van der Waals surface area contributed by atoms with Crippen LogP contribution in [0, 0.1) is 10.1 Å². The van der Waals surface area contributed by atoms with Crippen LogP contribution in [0.5, 0.6) is 11.5 Å². The maximum absolute atomic E-state index is 10.7. The highest BCUT2D eigenvalue weighted by Gasteiger charge is 2.07. The van der Waals surface area contributed by atoms with E-state index in [-0.39, 0.29) is 5.69 Å². The molecular weight excluding hydrogens is 356 g/mol. The molecule has 0 saturated carbocycles. The molecule has 0 saturated heterocycles. The predicted octanol–water partition coefficient (Wildman–Crippen LogP) is 3.32. The summed E-state index contributed by atoms with van der Waals surface area (Å²) in [5.74, 6) is 1.19. The van der Waals surface area contributed by atoms with Crippen molar-refractivity contribution in [3.63, 3.8) is 0 Å². The molecule has 2 aromatic carbocycles. The minimum absolute atomic E-state index is 0.0279. The largest absolute Gasteiger partial charge is 0.493 e. The first kappa shape index (κ1) is 19.1. The number of nitro benzene ring substituents is 1. The molecule has 136 valence electrons. The molecule has 8 nitrogen and oxygen atoms in total. The van der Waals surface area contributed by atoms with Crippen LogP contribution >= 0.6 is 12.2 Å². The van der Waals surface area contributed by atoms with Crippen molar-refractivity contribution >= 4 is 34.4 Å². The Morgan fingerprint density at radius 1 is 1.12 bits per heavy atom. The Balaban J connectivity index is 2.01. The zero-order chi connectivity index (χ0) is 19.1. The Bertz CT molecular complexity index is 837. The molecule has 0 radical (unpaired) electrons. The molecular formula is C17H18N4O4S. The molecule has 0 aliphatic rings. The van der Waals surface area contributed by atoms with Gasteiger partial charge in [-0.3, -0.25) is 15.5 Å². The van der Waals surface area contributed by atoms with Crippen LogP contribution in [-0.4, -0.2) is 30.0 Å². The van der Waals surface area contributed by atoms with Gasteiger partial charge in [-0.25, -0.2) is 0 Å². The minimum atomic E-state index is -0.448. The third kappa shape index (κ3) is 4.90. The second kappa shape index (κ2) is 8.77. The molecule has 0 amide bonds. The van der Waals surface area contributed by atoms with Gasteiger partial charge in [0.15, 0.2) is 16.6 Å². The number of thiocarbonyl (C=S) groups is 1. The van der Waals surface area contributed by atoms with E-state index in [2.05, 4.69) is 15.8 Å². The number of nitro groups is 1. The van der Waals surface area contributed by atoms with Gasteiger partial charge < -0.3 is 14.8 Å². The lowest BCUT2D eigenvalue weighted by atomic mass is 10.1. The number of non-ortho nitro benzene ring substituents is 1. The fraction of sp³-hybridized carbons (Fsp3) is 0.176. The average molecular weight is 374 g/mol. The van der Waals surface area contributed by atoms with E-state index in [1.54, 1.807) is 51.5 Å². The maximum Gasteiger partial charge on any atom is 0.269 e. The SMILES string of the molecule is COc1ccc(NC(=S)NN=C(C)c2ccc([N+](=O)[O-])cc2)cc1OC. The van der Waals surface area contributed by atoms with Gasteiger partial charge in [0.1, 0.15) is 0 Å². The van der Waals surface area contributed by atoms with Crippen LogP contribution in [0.3, 0.4) is 0 Å². The quantitative estimate of drug-likeness (QED) is 0.346. The first-order valence-corrected chi connectivity index (χ1v) is 7.93. The fourth-order valence-corrected chi connectivity index (χ4v) is 2.26. The molecule has 0 spiro atoms. The van der Waals surface area contributed by atoms with Crippen LogP contribution in [0.4, 0.5) is 11.4 Å². The van der Waals surface area contributed by atoms with Gasteiger partial charge in [0.2, 0.25) is 0 Å².